The Kier molecular flexibility index (Phi) is 1.80. The lowest BCUT2D eigenvalue weighted by Gasteiger charge is -1.99. The molecule has 54 valence electrons. The van der Waals surface area contributed by atoms with E-state index in [0.717, 1.165) is 12.1 Å². The molecule has 1 aromatic carbocycles. The second kappa shape index (κ2) is 2.46. The number of hydrogen-bond acceptors (Lipinski definition) is 2. The second-order valence-corrected chi connectivity index (χ2v) is 2.52. The molecule has 0 atom stereocenters. The van der Waals surface area contributed by atoms with E-state index in [-0.39, 0.29) is 10.2 Å². The average molecular weight is 207 g/mol. The van der Waals surface area contributed by atoms with Gasteiger partial charge in [0.2, 0.25) is 0 Å². The van der Waals surface area contributed by atoms with Crippen LogP contribution in [0.4, 0.5) is 4.39 Å². The maximum Gasteiger partial charge on any atom is 0.169 e. The standard InChI is InChI=1S/C6H4BrFO2/c7-5-4(9)2-1-3(8)6(5)10/h1-2,9-10H. The quantitative estimate of drug-likeness (QED) is 0.682. The molecule has 0 spiro atoms. The zero-order valence-electron chi connectivity index (χ0n) is 4.81. The smallest absolute Gasteiger partial charge is 0.169 e. The van der Waals surface area contributed by atoms with Crippen LogP contribution in [0.5, 0.6) is 11.5 Å². The molecule has 2 N–H and O–H groups in total. The van der Waals surface area contributed by atoms with Crippen molar-refractivity contribution in [3.05, 3.63) is 22.4 Å². The molecular weight excluding hydrogens is 203 g/mol. The fourth-order valence-electron chi connectivity index (χ4n) is 0.530. The van der Waals surface area contributed by atoms with Gasteiger partial charge in [-0.05, 0) is 28.1 Å². The molecule has 0 radical (unpaired) electrons. The molecule has 4 heteroatoms. The van der Waals surface area contributed by atoms with Crippen molar-refractivity contribution >= 4 is 15.9 Å². The lowest BCUT2D eigenvalue weighted by atomic mass is 10.3. The molecule has 0 amide bonds. The Morgan fingerprint density at radius 1 is 1.30 bits per heavy atom. The first-order valence-corrected chi connectivity index (χ1v) is 3.28. The van der Waals surface area contributed by atoms with E-state index in [4.69, 9.17) is 10.2 Å². The molecule has 0 unspecified atom stereocenters. The minimum atomic E-state index is -0.760. The summed E-state index contributed by atoms with van der Waals surface area (Å²) in [5.41, 5.74) is 0. The van der Waals surface area contributed by atoms with Crippen molar-refractivity contribution in [2.45, 2.75) is 0 Å². The minimum absolute atomic E-state index is 0.0208. The number of benzene rings is 1. The van der Waals surface area contributed by atoms with E-state index >= 15 is 0 Å². The fourth-order valence-corrected chi connectivity index (χ4v) is 0.852. The van der Waals surface area contributed by atoms with Crippen molar-refractivity contribution < 1.29 is 14.6 Å². The van der Waals surface area contributed by atoms with Gasteiger partial charge in [0.05, 0.1) is 0 Å². The van der Waals surface area contributed by atoms with Crippen LogP contribution in [0.25, 0.3) is 0 Å². The Hall–Kier alpha value is -0.770. The summed E-state index contributed by atoms with van der Waals surface area (Å²) in [6.45, 7) is 0. The van der Waals surface area contributed by atoms with Gasteiger partial charge in [-0.25, -0.2) is 4.39 Å². The lowest BCUT2D eigenvalue weighted by molar-refractivity contribution is 0.414. The molecule has 0 saturated carbocycles. The number of phenols is 2. The lowest BCUT2D eigenvalue weighted by Crippen LogP contribution is -1.76. The maximum atomic E-state index is 12.4. The molecule has 0 aliphatic rings. The van der Waals surface area contributed by atoms with Crippen LogP contribution in [0.15, 0.2) is 16.6 Å². The van der Waals surface area contributed by atoms with Crippen molar-refractivity contribution in [1.29, 1.82) is 0 Å². The highest BCUT2D eigenvalue weighted by atomic mass is 79.9. The van der Waals surface area contributed by atoms with Crippen LogP contribution in [0.3, 0.4) is 0 Å². The van der Waals surface area contributed by atoms with E-state index in [1.807, 2.05) is 0 Å². The number of phenolic OH excluding ortho intramolecular Hbond substituents is 2. The largest absolute Gasteiger partial charge is 0.507 e. The van der Waals surface area contributed by atoms with Gasteiger partial charge >= 0.3 is 0 Å². The SMILES string of the molecule is Oc1ccc(F)c(O)c1Br. The molecule has 0 aromatic heterocycles. The van der Waals surface area contributed by atoms with Gasteiger partial charge in [0.25, 0.3) is 0 Å². The Morgan fingerprint density at radius 2 is 1.90 bits per heavy atom. The van der Waals surface area contributed by atoms with Crippen LogP contribution in [0.1, 0.15) is 0 Å². The second-order valence-electron chi connectivity index (χ2n) is 1.73. The highest BCUT2D eigenvalue weighted by molar-refractivity contribution is 9.10. The van der Waals surface area contributed by atoms with Crippen LogP contribution in [-0.2, 0) is 0 Å². The van der Waals surface area contributed by atoms with Crippen LogP contribution in [0, 0.1) is 5.82 Å². The van der Waals surface area contributed by atoms with Crippen LogP contribution >= 0.6 is 15.9 Å². The van der Waals surface area contributed by atoms with Gasteiger partial charge in [-0.15, -0.1) is 0 Å². The van der Waals surface area contributed by atoms with Crippen molar-refractivity contribution in [2.75, 3.05) is 0 Å². The molecule has 0 heterocycles. The monoisotopic (exact) mass is 206 g/mol. The van der Waals surface area contributed by atoms with Gasteiger partial charge in [0, 0.05) is 0 Å². The summed E-state index contributed by atoms with van der Waals surface area (Å²) in [4.78, 5) is 0. The highest BCUT2D eigenvalue weighted by Crippen LogP contribution is 2.34. The van der Waals surface area contributed by atoms with Crippen molar-refractivity contribution in [3.8, 4) is 11.5 Å². The van der Waals surface area contributed by atoms with Crippen molar-refractivity contribution in [2.24, 2.45) is 0 Å². The molecule has 0 bridgehead atoms. The average Bonchev–Trinajstić information content (AvgIpc) is 1.93. The maximum absolute atomic E-state index is 12.4. The van der Waals surface area contributed by atoms with Crippen molar-refractivity contribution in [3.63, 3.8) is 0 Å². The van der Waals surface area contributed by atoms with Crippen LogP contribution in [-0.4, -0.2) is 10.2 Å². The van der Waals surface area contributed by atoms with E-state index in [9.17, 15) is 4.39 Å². The Bertz CT molecular complexity index is 235. The Labute approximate surface area is 65.1 Å². The van der Waals surface area contributed by atoms with Gasteiger partial charge < -0.3 is 10.2 Å². The van der Waals surface area contributed by atoms with Crippen molar-refractivity contribution in [1.82, 2.24) is 0 Å². The molecule has 0 saturated heterocycles. The summed E-state index contributed by atoms with van der Waals surface area (Å²) in [5, 5.41) is 17.7. The van der Waals surface area contributed by atoms with E-state index < -0.39 is 11.6 Å². The van der Waals surface area contributed by atoms with Crippen LogP contribution in [0.2, 0.25) is 0 Å². The third-order valence-electron chi connectivity index (χ3n) is 1.05. The molecule has 2 nitrogen and oxygen atoms in total. The summed E-state index contributed by atoms with van der Waals surface area (Å²) < 4.78 is 12.3. The van der Waals surface area contributed by atoms with Gasteiger partial charge in [-0.3, -0.25) is 0 Å². The zero-order chi connectivity index (χ0) is 7.72. The van der Waals surface area contributed by atoms with E-state index in [2.05, 4.69) is 15.9 Å². The number of halogens is 2. The van der Waals surface area contributed by atoms with E-state index in [0.29, 0.717) is 0 Å². The van der Waals surface area contributed by atoms with Crippen LogP contribution < -0.4 is 0 Å². The first-order valence-electron chi connectivity index (χ1n) is 2.49. The summed E-state index contributed by atoms with van der Waals surface area (Å²) in [5.74, 6) is -1.51. The topological polar surface area (TPSA) is 40.5 Å². The molecule has 0 aliphatic heterocycles. The Balaban J connectivity index is 3.34. The zero-order valence-corrected chi connectivity index (χ0v) is 6.39. The summed E-state index contributed by atoms with van der Waals surface area (Å²) >= 11 is 2.79. The van der Waals surface area contributed by atoms with E-state index in [1.54, 1.807) is 0 Å². The first-order chi connectivity index (χ1) is 4.63. The minimum Gasteiger partial charge on any atom is -0.507 e. The number of hydrogen-bond donors (Lipinski definition) is 2. The third-order valence-corrected chi connectivity index (χ3v) is 1.83. The molecule has 1 aromatic rings. The molecule has 0 aliphatic carbocycles. The van der Waals surface area contributed by atoms with E-state index in [1.165, 1.54) is 0 Å². The number of rotatable bonds is 0. The molecule has 10 heavy (non-hydrogen) atoms. The molecule has 1 rings (SSSR count). The first kappa shape index (κ1) is 7.34. The molecule has 0 fully saturated rings. The predicted octanol–water partition coefficient (Wildman–Crippen LogP) is 2.00. The summed E-state index contributed by atoms with van der Waals surface area (Å²) in [6.07, 6.45) is 0. The summed E-state index contributed by atoms with van der Waals surface area (Å²) in [7, 11) is 0. The van der Waals surface area contributed by atoms with Gasteiger partial charge in [0.1, 0.15) is 10.2 Å². The number of aromatic hydroxyl groups is 2. The van der Waals surface area contributed by atoms with Gasteiger partial charge in [-0.2, -0.15) is 0 Å². The predicted molar refractivity (Wildman–Crippen MR) is 37.4 cm³/mol. The van der Waals surface area contributed by atoms with Gasteiger partial charge in [-0.1, -0.05) is 0 Å². The normalized spacial score (nSPS) is 9.80. The summed E-state index contributed by atoms with van der Waals surface area (Å²) in [6, 6.07) is 2.13. The van der Waals surface area contributed by atoms with Gasteiger partial charge in [0.15, 0.2) is 11.6 Å². The molecular formula is C6H4BrFO2. The Morgan fingerprint density at radius 3 is 2.40 bits per heavy atom. The third kappa shape index (κ3) is 1.07. The highest BCUT2D eigenvalue weighted by Gasteiger charge is 2.07. The fraction of sp³-hybridized carbons (Fsp3) is 0.